The van der Waals surface area contributed by atoms with Crippen LogP contribution in [0, 0.1) is 5.82 Å². The Kier molecular flexibility index (Phi) is 5.83. The zero-order valence-corrected chi connectivity index (χ0v) is 18.7. The maximum Gasteiger partial charge on any atom is 0.338 e. The quantitative estimate of drug-likeness (QED) is 0.539. The van der Waals surface area contributed by atoms with Crippen LogP contribution in [0.1, 0.15) is 24.1 Å². The average Bonchev–Trinajstić information content (AvgIpc) is 3.04. The number of thiazole rings is 1. The molecule has 1 aromatic heterocycles. The molecule has 5 nitrogen and oxygen atoms in total. The van der Waals surface area contributed by atoms with Crippen LogP contribution < -0.4 is 14.9 Å². The second kappa shape index (κ2) is 8.42. The van der Waals surface area contributed by atoms with Crippen molar-refractivity contribution in [1.82, 2.24) is 4.57 Å². The summed E-state index contributed by atoms with van der Waals surface area (Å²) in [5.74, 6) is -1.03. The Balaban J connectivity index is 1.98. The Labute approximate surface area is 190 Å². The zero-order chi connectivity index (χ0) is 22.3. The number of methoxy groups -OCH3 is 1. The molecule has 3 aromatic rings. The number of benzene rings is 2. The van der Waals surface area contributed by atoms with Gasteiger partial charge in [-0.3, -0.25) is 9.36 Å². The van der Waals surface area contributed by atoms with Crippen LogP contribution in [0.15, 0.2) is 63.5 Å². The minimum absolute atomic E-state index is 0.220. The van der Waals surface area contributed by atoms with Gasteiger partial charge in [0, 0.05) is 10.0 Å². The lowest BCUT2D eigenvalue weighted by Gasteiger charge is -2.24. The van der Waals surface area contributed by atoms with E-state index >= 15 is 0 Å². The minimum Gasteiger partial charge on any atom is -0.466 e. The van der Waals surface area contributed by atoms with E-state index in [1.807, 2.05) is 0 Å². The summed E-state index contributed by atoms with van der Waals surface area (Å²) in [7, 11) is 1.26. The first kappa shape index (κ1) is 21.5. The van der Waals surface area contributed by atoms with Gasteiger partial charge in [0.1, 0.15) is 5.82 Å². The van der Waals surface area contributed by atoms with Gasteiger partial charge in [-0.05, 0) is 48.4 Å². The predicted molar refractivity (Wildman–Crippen MR) is 119 cm³/mol. The highest BCUT2D eigenvalue weighted by molar-refractivity contribution is 7.07. The molecule has 1 unspecified atom stereocenters. The zero-order valence-electron chi connectivity index (χ0n) is 16.4. The number of halogens is 3. The van der Waals surface area contributed by atoms with Crippen molar-refractivity contribution in [1.29, 1.82) is 0 Å². The van der Waals surface area contributed by atoms with Crippen molar-refractivity contribution in [2.75, 3.05) is 7.11 Å². The summed E-state index contributed by atoms with van der Waals surface area (Å²) in [4.78, 5) is 30.8. The first-order chi connectivity index (χ1) is 14.8. The van der Waals surface area contributed by atoms with Crippen molar-refractivity contribution >= 4 is 46.6 Å². The van der Waals surface area contributed by atoms with Gasteiger partial charge in [0.05, 0.1) is 29.0 Å². The molecule has 0 saturated carbocycles. The first-order valence-electron chi connectivity index (χ1n) is 9.11. The first-order valence-corrected chi connectivity index (χ1v) is 10.7. The minimum atomic E-state index is -0.799. The number of nitrogens with zero attached hydrogens (tertiary/aromatic N) is 2. The molecular formula is C22H15Cl2FN2O3S. The fourth-order valence-electron chi connectivity index (χ4n) is 3.41. The number of rotatable bonds is 3. The molecule has 2 heterocycles. The number of carbonyl (C=O) groups is 1. The van der Waals surface area contributed by atoms with Gasteiger partial charge in [0.2, 0.25) is 0 Å². The highest BCUT2D eigenvalue weighted by atomic mass is 35.5. The third kappa shape index (κ3) is 3.96. The predicted octanol–water partition coefficient (Wildman–Crippen LogP) is 3.85. The van der Waals surface area contributed by atoms with Gasteiger partial charge in [-0.25, -0.2) is 14.2 Å². The Hall–Kier alpha value is -2.74. The number of fused-ring (bicyclic) bond motifs is 1. The second-order valence-electron chi connectivity index (χ2n) is 6.79. The number of carbonyl (C=O) groups excluding carboxylic acids is 1. The Morgan fingerprint density at radius 2 is 1.94 bits per heavy atom. The Morgan fingerprint density at radius 1 is 1.23 bits per heavy atom. The summed E-state index contributed by atoms with van der Waals surface area (Å²) in [5, 5.41) is 0.887. The lowest BCUT2D eigenvalue weighted by molar-refractivity contribution is -0.136. The molecule has 0 aliphatic carbocycles. The third-order valence-electron chi connectivity index (χ3n) is 4.86. The molecule has 0 amide bonds. The summed E-state index contributed by atoms with van der Waals surface area (Å²) in [6.45, 7) is 1.68. The lowest BCUT2D eigenvalue weighted by Crippen LogP contribution is -2.39. The van der Waals surface area contributed by atoms with Crippen molar-refractivity contribution < 1.29 is 13.9 Å². The van der Waals surface area contributed by atoms with Gasteiger partial charge in [0.15, 0.2) is 4.80 Å². The second-order valence-corrected chi connectivity index (χ2v) is 8.64. The van der Waals surface area contributed by atoms with Crippen LogP contribution in [0.3, 0.4) is 0 Å². The largest absolute Gasteiger partial charge is 0.466 e. The fraction of sp³-hybridized carbons (Fsp3) is 0.136. The number of allylic oxidation sites excluding steroid dienone is 1. The SMILES string of the molecule is COC(=O)C1=C(C)N=c2sc(=Cc3ccc(Cl)cc3Cl)c(=O)n2C1c1ccc(F)cc1. The smallest absolute Gasteiger partial charge is 0.338 e. The number of hydrogen-bond donors (Lipinski definition) is 0. The molecule has 4 rings (SSSR count). The van der Waals surface area contributed by atoms with E-state index in [0.717, 1.165) is 0 Å². The van der Waals surface area contributed by atoms with E-state index in [4.69, 9.17) is 27.9 Å². The van der Waals surface area contributed by atoms with Gasteiger partial charge >= 0.3 is 5.97 Å². The molecule has 0 bridgehead atoms. The van der Waals surface area contributed by atoms with Crippen LogP contribution in [-0.2, 0) is 9.53 Å². The normalized spacial score (nSPS) is 16.2. The molecule has 9 heteroatoms. The van der Waals surface area contributed by atoms with Gasteiger partial charge in [-0.1, -0.05) is 52.7 Å². The molecule has 1 aliphatic rings. The fourth-order valence-corrected chi connectivity index (χ4v) is 4.91. The maximum absolute atomic E-state index is 13.5. The highest BCUT2D eigenvalue weighted by Crippen LogP contribution is 2.30. The van der Waals surface area contributed by atoms with Gasteiger partial charge < -0.3 is 4.74 Å². The molecule has 2 aromatic carbocycles. The number of hydrogen-bond acceptors (Lipinski definition) is 5. The van der Waals surface area contributed by atoms with E-state index in [1.165, 1.54) is 47.3 Å². The van der Waals surface area contributed by atoms with E-state index < -0.39 is 17.8 Å². The molecule has 31 heavy (non-hydrogen) atoms. The summed E-state index contributed by atoms with van der Waals surface area (Å²) in [6, 6.07) is 9.82. The van der Waals surface area contributed by atoms with Crippen LogP contribution in [0.5, 0.6) is 0 Å². The molecule has 0 fully saturated rings. The van der Waals surface area contributed by atoms with Gasteiger partial charge in [-0.2, -0.15) is 0 Å². The van der Waals surface area contributed by atoms with Gasteiger partial charge in [-0.15, -0.1) is 0 Å². The average molecular weight is 477 g/mol. The van der Waals surface area contributed by atoms with Crippen molar-refractivity contribution in [3.05, 3.63) is 100 Å². The molecule has 0 radical (unpaired) electrons. The van der Waals surface area contributed by atoms with Crippen molar-refractivity contribution in [2.45, 2.75) is 13.0 Å². The third-order valence-corrected chi connectivity index (χ3v) is 6.41. The Bertz CT molecular complexity index is 1410. The standard InChI is InChI=1S/C22H15Cl2FN2O3S/c1-11-18(21(29)30-2)19(12-4-7-15(25)8-5-12)27-20(28)17(31-22(27)26-11)9-13-3-6-14(23)10-16(13)24/h3-10,19H,1-2H3. The van der Waals surface area contributed by atoms with Crippen LogP contribution in [-0.4, -0.2) is 17.6 Å². The lowest BCUT2D eigenvalue weighted by atomic mass is 9.96. The Morgan fingerprint density at radius 3 is 2.58 bits per heavy atom. The van der Waals surface area contributed by atoms with Crippen LogP contribution in [0.4, 0.5) is 4.39 Å². The van der Waals surface area contributed by atoms with Crippen LogP contribution in [0.25, 0.3) is 6.08 Å². The van der Waals surface area contributed by atoms with E-state index in [0.29, 0.717) is 36.2 Å². The number of ether oxygens (including phenoxy) is 1. The van der Waals surface area contributed by atoms with Crippen LogP contribution in [0.2, 0.25) is 10.0 Å². The molecule has 158 valence electrons. The monoisotopic (exact) mass is 476 g/mol. The van der Waals surface area contributed by atoms with Crippen molar-refractivity contribution in [3.8, 4) is 0 Å². The van der Waals surface area contributed by atoms with E-state index in [2.05, 4.69) is 4.99 Å². The molecule has 0 saturated heterocycles. The maximum atomic E-state index is 13.5. The van der Waals surface area contributed by atoms with E-state index in [1.54, 1.807) is 31.2 Å². The molecule has 1 atom stereocenters. The van der Waals surface area contributed by atoms with Gasteiger partial charge in [0.25, 0.3) is 5.56 Å². The van der Waals surface area contributed by atoms with Crippen molar-refractivity contribution in [3.63, 3.8) is 0 Å². The molecule has 1 aliphatic heterocycles. The van der Waals surface area contributed by atoms with E-state index in [9.17, 15) is 14.0 Å². The van der Waals surface area contributed by atoms with Crippen molar-refractivity contribution in [2.24, 2.45) is 4.99 Å². The summed E-state index contributed by atoms with van der Waals surface area (Å²) in [6.07, 6.45) is 1.65. The van der Waals surface area contributed by atoms with Crippen LogP contribution >= 0.6 is 34.5 Å². The molecule has 0 N–H and O–H groups in total. The summed E-state index contributed by atoms with van der Waals surface area (Å²) < 4.78 is 20.3. The van der Waals surface area contributed by atoms with E-state index in [-0.39, 0.29) is 11.1 Å². The molecule has 0 spiro atoms. The summed E-state index contributed by atoms with van der Waals surface area (Å²) in [5.41, 5.74) is 1.49. The number of aromatic nitrogens is 1. The highest BCUT2D eigenvalue weighted by Gasteiger charge is 2.33. The molecular weight excluding hydrogens is 462 g/mol. The number of esters is 1. The topological polar surface area (TPSA) is 60.7 Å². The summed E-state index contributed by atoms with van der Waals surface area (Å²) >= 11 is 13.4.